The number of carbonyl (C=O) groups is 2. The molecule has 4 nitrogen and oxygen atoms in total. The summed E-state index contributed by atoms with van der Waals surface area (Å²) in [5.41, 5.74) is 0.711. The maximum absolute atomic E-state index is 12.4. The minimum atomic E-state index is -0.0183. The van der Waals surface area contributed by atoms with Gasteiger partial charge >= 0.3 is 0 Å². The second-order valence-electron chi connectivity index (χ2n) is 5.62. The SMILES string of the molecule is CC(C)C(=O)NC1CCCN(C(=O)c2ccccc2)C1. The average molecular weight is 274 g/mol. The van der Waals surface area contributed by atoms with E-state index in [-0.39, 0.29) is 23.8 Å². The highest BCUT2D eigenvalue weighted by molar-refractivity contribution is 5.94. The molecule has 108 valence electrons. The highest BCUT2D eigenvalue weighted by atomic mass is 16.2. The van der Waals surface area contributed by atoms with Crippen LogP contribution in [0.2, 0.25) is 0 Å². The van der Waals surface area contributed by atoms with Gasteiger partial charge in [0.25, 0.3) is 5.91 Å². The molecule has 1 aromatic carbocycles. The Morgan fingerprint density at radius 2 is 1.95 bits per heavy atom. The van der Waals surface area contributed by atoms with Gasteiger partial charge in [0.05, 0.1) is 0 Å². The van der Waals surface area contributed by atoms with Crippen molar-refractivity contribution in [3.05, 3.63) is 35.9 Å². The zero-order chi connectivity index (χ0) is 14.5. The van der Waals surface area contributed by atoms with E-state index in [4.69, 9.17) is 0 Å². The first-order valence-corrected chi connectivity index (χ1v) is 7.22. The van der Waals surface area contributed by atoms with Crippen molar-refractivity contribution in [1.82, 2.24) is 10.2 Å². The highest BCUT2D eigenvalue weighted by Gasteiger charge is 2.25. The molecule has 2 amide bonds. The molecule has 20 heavy (non-hydrogen) atoms. The Labute approximate surface area is 120 Å². The van der Waals surface area contributed by atoms with Crippen LogP contribution in [0.3, 0.4) is 0 Å². The summed E-state index contributed by atoms with van der Waals surface area (Å²) in [6.07, 6.45) is 1.87. The summed E-state index contributed by atoms with van der Waals surface area (Å²) in [7, 11) is 0. The fourth-order valence-electron chi connectivity index (χ4n) is 2.41. The fraction of sp³-hybridized carbons (Fsp3) is 0.500. The minimum Gasteiger partial charge on any atom is -0.351 e. The number of hydrogen-bond donors (Lipinski definition) is 1. The molecule has 0 saturated carbocycles. The third-order valence-electron chi connectivity index (χ3n) is 3.60. The van der Waals surface area contributed by atoms with Gasteiger partial charge in [-0.1, -0.05) is 32.0 Å². The Morgan fingerprint density at radius 1 is 1.25 bits per heavy atom. The van der Waals surface area contributed by atoms with Gasteiger partial charge in [0, 0.05) is 30.6 Å². The van der Waals surface area contributed by atoms with Gasteiger partial charge < -0.3 is 10.2 Å². The molecule has 4 heteroatoms. The first kappa shape index (κ1) is 14.6. The monoisotopic (exact) mass is 274 g/mol. The van der Waals surface area contributed by atoms with Crippen LogP contribution >= 0.6 is 0 Å². The van der Waals surface area contributed by atoms with Gasteiger partial charge in [0.2, 0.25) is 5.91 Å². The fourth-order valence-corrected chi connectivity index (χ4v) is 2.41. The van der Waals surface area contributed by atoms with Crippen LogP contribution in [0.5, 0.6) is 0 Å². The molecule has 1 N–H and O–H groups in total. The van der Waals surface area contributed by atoms with E-state index >= 15 is 0 Å². The van der Waals surface area contributed by atoms with E-state index in [1.165, 1.54) is 0 Å². The largest absolute Gasteiger partial charge is 0.351 e. The first-order chi connectivity index (χ1) is 9.58. The number of amides is 2. The summed E-state index contributed by atoms with van der Waals surface area (Å²) in [5, 5.41) is 3.02. The van der Waals surface area contributed by atoms with Gasteiger partial charge in [-0.3, -0.25) is 9.59 Å². The molecule has 1 aliphatic rings. The van der Waals surface area contributed by atoms with Crippen molar-refractivity contribution in [2.45, 2.75) is 32.7 Å². The lowest BCUT2D eigenvalue weighted by Crippen LogP contribution is -2.50. The molecule has 1 atom stereocenters. The summed E-state index contributed by atoms with van der Waals surface area (Å²) in [5.74, 6) is 0.0910. The van der Waals surface area contributed by atoms with Crippen molar-refractivity contribution in [2.24, 2.45) is 5.92 Å². The van der Waals surface area contributed by atoms with Crippen LogP contribution < -0.4 is 5.32 Å². The summed E-state index contributed by atoms with van der Waals surface area (Å²) in [6, 6.07) is 9.38. The van der Waals surface area contributed by atoms with Crippen LogP contribution in [0.15, 0.2) is 30.3 Å². The average Bonchev–Trinajstić information content (AvgIpc) is 2.47. The van der Waals surface area contributed by atoms with E-state index in [1.807, 2.05) is 49.1 Å². The van der Waals surface area contributed by atoms with Crippen molar-refractivity contribution in [2.75, 3.05) is 13.1 Å². The third kappa shape index (κ3) is 3.59. The predicted octanol–water partition coefficient (Wildman–Crippen LogP) is 2.06. The summed E-state index contributed by atoms with van der Waals surface area (Å²) in [4.78, 5) is 26.0. The number of benzene rings is 1. The van der Waals surface area contributed by atoms with E-state index in [0.717, 1.165) is 19.4 Å². The van der Waals surface area contributed by atoms with Crippen LogP contribution in [-0.4, -0.2) is 35.8 Å². The zero-order valence-electron chi connectivity index (χ0n) is 12.1. The highest BCUT2D eigenvalue weighted by Crippen LogP contribution is 2.14. The Kier molecular flexibility index (Phi) is 4.77. The first-order valence-electron chi connectivity index (χ1n) is 7.22. The van der Waals surface area contributed by atoms with Crippen molar-refractivity contribution in [3.8, 4) is 0 Å². The van der Waals surface area contributed by atoms with Crippen LogP contribution in [-0.2, 0) is 4.79 Å². The maximum atomic E-state index is 12.4. The van der Waals surface area contributed by atoms with Crippen LogP contribution in [0.25, 0.3) is 0 Å². The summed E-state index contributed by atoms with van der Waals surface area (Å²) >= 11 is 0. The molecule has 2 rings (SSSR count). The molecular formula is C16H22N2O2. The molecule has 1 aliphatic heterocycles. The molecular weight excluding hydrogens is 252 g/mol. The van der Waals surface area contributed by atoms with E-state index < -0.39 is 0 Å². The molecule has 0 bridgehead atoms. The van der Waals surface area contributed by atoms with Gasteiger partial charge in [0.15, 0.2) is 0 Å². The van der Waals surface area contributed by atoms with Crippen molar-refractivity contribution >= 4 is 11.8 Å². The molecule has 1 aromatic rings. The number of piperidine rings is 1. The number of rotatable bonds is 3. The Balaban J connectivity index is 1.97. The van der Waals surface area contributed by atoms with E-state index in [9.17, 15) is 9.59 Å². The molecule has 0 aliphatic carbocycles. The molecule has 1 fully saturated rings. The van der Waals surface area contributed by atoms with Crippen LogP contribution in [0.1, 0.15) is 37.0 Å². The number of likely N-dealkylation sites (tertiary alicyclic amines) is 1. The van der Waals surface area contributed by atoms with Gasteiger partial charge in [-0.15, -0.1) is 0 Å². The topological polar surface area (TPSA) is 49.4 Å². The number of nitrogens with one attached hydrogen (secondary N) is 1. The van der Waals surface area contributed by atoms with Crippen molar-refractivity contribution < 1.29 is 9.59 Å². The summed E-state index contributed by atoms with van der Waals surface area (Å²) in [6.45, 7) is 5.13. The Hall–Kier alpha value is -1.84. The lowest BCUT2D eigenvalue weighted by Gasteiger charge is -2.33. The van der Waals surface area contributed by atoms with Crippen LogP contribution in [0, 0.1) is 5.92 Å². The normalized spacial score (nSPS) is 18.9. The van der Waals surface area contributed by atoms with Crippen molar-refractivity contribution in [1.29, 1.82) is 0 Å². The van der Waals surface area contributed by atoms with Gasteiger partial charge in [-0.2, -0.15) is 0 Å². The van der Waals surface area contributed by atoms with E-state index in [0.29, 0.717) is 12.1 Å². The predicted molar refractivity (Wildman–Crippen MR) is 78.3 cm³/mol. The molecule has 0 aromatic heterocycles. The Bertz CT molecular complexity index is 471. The second kappa shape index (κ2) is 6.55. The zero-order valence-corrected chi connectivity index (χ0v) is 12.1. The standard InChI is InChI=1S/C16H22N2O2/c1-12(2)15(19)17-14-9-6-10-18(11-14)16(20)13-7-4-3-5-8-13/h3-5,7-8,12,14H,6,9-11H2,1-2H3,(H,17,19). The number of carbonyl (C=O) groups excluding carboxylic acids is 2. The molecule has 1 unspecified atom stereocenters. The Morgan fingerprint density at radius 3 is 2.60 bits per heavy atom. The lowest BCUT2D eigenvalue weighted by molar-refractivity contribution is -0.125. The van der Waals surface area contributed by atoms with Gasteiger partial charge in [-0.25, -0.2) is 0 Å². The maximum Gasteiger partial charge on any atom is 0.253 e. The lowest BCUT2D eigenvalue weighted by atomic mass is 10.0. The number of nitrogens with zero attached hydrogens (tertiary/aromatic N) is 1. The van der Waals surface area contributed by atoms with Crippen LogP contribution in [0.4, 0.5) is 0 Å². The molecule has 1 saturated heterocycles. The van der Waals surface area contributed by atoms with Gasteiger partial charge in [0.1, 0.15) is 0 Å². The molecule has 0 radical (unpaired) electrons. The molecule has 0 spiro atoms. The van der Waals surface area contributed by atoms with Gasteiger partial charge in [-0.05, 0) is 25.0 Å². The summed E-state index contributed by atoms with van der Waals surface area (Å²) < 4.78 is 0. The van der Waals surface area contributed by atoms with E-state index in [1.54, 1.807) is 0 Å². The smallest absolute Gasteiger partial charge is 0.253 e. The minimum absolute atomic E-state index is 0.0183. The molecule has 1 heterocycles. The van der Waals surface area contributed by atoms with Crippen molar-refractivity contribution in [3.63, 3.8) is 0 Å². The quantitative estimate of drug-likeness (QED) is 0.917. The number of hydrogen-bond acceptors (Lipinski definition) is 2. The third-order valence-corrected chi connectivity index (χ3v) is 3.60. The second-order valence-corrected chi connectivity index (χ2v) is 5.62. The van der Waals surface area contributed by atoms with E-state index in [2.05, 4.69) is 5.32 Å².